The van der Waals surface area contributed by atoms with Crippen LogP contribution in [0, 0.1) is 0 Å². The predicted octanol–water partition coefficient (Wildman–Crippen LogP) is 3.45. The van der Waals surface area contributed by atoms with Gasteiger partial charge in [0.15, 0.2) is 5.78 Å². The second-order valence-electron chi connectivity index (χ2n) is 3.84. The molecule has 98 valence electrons. The SMILES string of the molecule is CC(=O)/C=C\C(=O)O.CCCC1=CC=CCC=C1. The van der Waals surface area contributed by atoms with Crippen LogP contribution in [-0.2, 0) is 9.59 Å². The Labute approximate surface area is 108 Å². The van der Waals surface area contributed by atoms with Crippen molar-refractivity contribution in [3.05, 3.63) is 48.1 Å². The van der Waals surface area contributed by atoms with Crippen molar-refractivity contribution in [2.45, 2.75) is 33.1 Å². The fourth-order valence-corrected chi connectivity index (χ4v) is 1.27. The Kier molecular flexibility index (Phi) is 9.18. The number of aliphatic carboxylic acids is 1. The molecule has 0 aromatic carbocycles. The molecule has 3 nitrogen and oxygen atoms in total. The standard InChI is InChI=1S/C10H14.C5H6O3/c1-2-7-10-8-5-3-4-6-9-10;1-4(6)2-3-5(7)8/h3,5-6,8-9H,2,4,7H2,1H3;2-3H,1H3,(H,7,8)/b;3-2-. The molecule has 18 heavy (non-hydrogen) atoms. The van der Waals surface area contributed by atoms with Gasteiger partial charge >= 0.3 is 5.97 Å². The van der Waals surface area contributed by atoms with Gasteiger partial charge in [-0.15, -0.1) is 0 Å². The second kappa shape index (κ2) is 10.3. The highest BCUT2D eigenvalue weighted by Crippen LogP contribution is 2.09. The van der Waals surface area contributed by atoms with Crippen molar-refractivity contribution >= 4 is 11.8 Å². The van der Waals surface area contributed by atoms with E-state index in [1.54, 1.807) is 0 Å². The van der Waals surface area contributed by atoms with Crippen molar-refractivity contribution in [3.63, 3.8) is 0 Å². The monoisotopic (exact) mass is 248 g/mol. The maximum absolute atomic E-state index is 10.00. The van der Waals surface area contributed by atoms with Crippen LogP contribution in [0.15, 0.2) is 48.1 Å². The highest BCUT2D eigenvalue weighted by Gasteiger charge is 1.89. The fourth-order valence-electron chi connectivity index (χ4n) is 1.27. The molecule has 0 heterocycles. The number of carboxylic acid groups (broad SMARTS) is 1. The summed E-state index contributed by atoms with van der Waals surface area (Å²) >= 11 is 0. The largest absolute Gasteiger partial charge is 0.478 e. The van der Waals surface area contributed by atoms with Crippen molar-refractivity contribution in [1.82, 2.24) is 0 Å². The lowest BCUT2D eigenvalue weighted by Gasteiger charge is -1.94. The van der Waals surface area contributed by atoms with Gasteiger partial charge in [0.2, 0.25) is 0 Å². The Balaban J connectivity index is 0.000000331. The quantitative estimate of drug-likeness (QED) is 0.775. The first kappa shape index (κ1) is 16.1. The minimum Gasteiger partial charge on any atom is -0.478 e. The van der Waals surface area contributed by atoms with E-state index >= 15 is 0 Å². The molecule has 0 aromatic rings. The van der Waals surface area contributed by atoms with Gasteiger partial charge in [-0.05, 0) is 31.4 Å². The van der Waals surface area contributed by atoms with Crippen LogP contribution in [0.1, 0.15) is 33.1 Å². The van der Waals surface area contributed by atoms with Gasteiger partial charge in [-0.1, -0.05) is 43.7 Å². The lowest BCUT2D eigenvalue weighted by Crippen LogP contribution is -1.89. The average Bonchev–Trinajstić information content (AvgIpc) is 2.56. The number of carbonyl (C=O) groups is 2. The molecule has 0 unspecified atom stereocenters. The molecule has 0 saturated heterocycles. The normalized spacial score (nSPS) is 13.6. The molecule has 0 aromatic heterocycles. The molecule has 0 aliphatic heterocycles. The molecule has 0 radical (unpaired) electrons. The summed E-state index contributed by atoms with van der Waals surface area (Å²) in [7, 11) is 0. The predicted molar refractivity (Wildman–Crippen MR) is 73.3 cm³/mol. The Hall–Kier alpha value is -1.90. The zero-order chi connectivity index (χ0) is 13.8. The van der Waals surface area contributed by atoms with E-state index in [1.807, 2.05) is 0 Å². The number of hydrogen-bond donors (Lipinski definition) is 1. The third-order valence-corrected chi connectivity index (χ3v) is 2.05. The van der Waals surface area contributed by atoms with Crippen LogP contribution in [-0.4, -0.2) is 16.9 Å². The first-order valence-electron chi connectivity index (χ1n) is 6.00. The number of hydrogen-bond acceptors (Lipinski definition) is 2. The van der Waals surface area contributed by atoms with Gasteiger partial charge in [0.25, 0.3) is 0 Å². The zero-order valence-corrected chi connectivity index (χ0v) is 10.9. The summed E-state index contributed by atoms with van der Waals surface area (Å²) in [4.78, 5) is 19.7. The lowest BCUT2D eigenvalue weighted by atomic mass is 10.1. The molecule has 1 aliphatic carbocycles. The molecule has 3 heteroatoms. The number of ketones is 1. The Bertz CT molecular complexity index is 369. The highest BCUT2D eigenvalue weighted by atomic mass is 16.4. The van der Waals surface area contributed by atoms with E-state index < -0.39 is 5.97 Å². The summed E-state index contributed by atoms with van der Waals surface area (Å²) in [5.41, 5.74) is 1.45. The number of allylic oxidation sites excluding steroid dienone is 7. The summed E-state index contributed by atoms with van der Waals surface area (Å²) < 4.78 is 0. The van der Waals surface area contributed by atoms with Gasteiger partial charge in [0.05, 0.1) is 0 Å². The molecule has 0 bridgehead atoms. The summed E-state index contributed by atoms with van der Waals surface area (Å²) in [6.45, 7) is 3.50. The van der Waals surface area contributed by atoms with Crippen LogP contribution in [0.25, 0.3) is 0 Å². The topological polar surface area (TPSA) is 54.4 Å². The van der Waals surface area contributed by atoms with E-state index in [-0.39, 0.29) is 5.78 Å². The first-order chi connectivity index (χ1) is 8.56. The van der Waals surface area contributed by atoms with E-state index in [2.05, 4.69) is 37.3 Å². The van der Waals surface area contributed by atoms with Crippen molar-refractivity contribution in [3.8, 4) is 0 Å². The van der Waals surface area contributed by atoms with Crippen LogP contribution in [0.5, 0.6) is 0 Å². The van der Waals surface area contributed by atoms with Gasteiger partial charge in [0.1, 0.15) is 0 Å². The summed E-state index contributed by atoms with van der Waals surface area (Å²) in [6.07, 6.45) is 16.3. The van der Waals surface area contributed by atoms with Crippen molar-refractivity contribution < 1.29 is 14.7 Å². The van der Waals surface area contributed by atoms with Crippen LogP contribution in [0.2, 0.25) is 0 Å². The molecule has 1 rings (SSSR count). The van der Waals surface area contributed by atoms with E-state index in [9.17, 15) is 9.59 Å². The second-order valence-corrected chi connectivity index (χ2v) is 3.84. The Morgan fingerprint density at radius 3 is 2.56 bits per heavy atom. The molecule has 0 atom stereocenters. The average molecular weight is 248 g/mol. The Morgan fingerprint density at radius 2 is 2.06 bits per heavy atom. The summed E-state index contributed by atoms with van der Waals surface area (Å²) in [5, 5.41) is 7.92. The molecule has 1 aliphatic rings. The zero-order valence-electron chi connectivity index (χ0n) is 10.9. The highest BCUT2D eigenvalue weighted by molar-refractivity contribution is 5.93. The number of carbonyl (C=O) groups excluding carboxylic acids is 1. The summed E-state index contributed by atoms with van der Waals surface area (Å²) in [5.74, 6) is -1.35. The van der Waals surface area contributed by atoms with Crippen molar-refractivity contribution in [2.24, 2.45) is 0 Å². The number of carboxylic acids is 1. The van der Waals surface area contributed by atoms with Crippen LogP contribution >= 0.6 is 0 Å². The van der Waals surface area contributed by atoms with Crippen LogP contribution in [0.3, 0.4) is 0 Å². The third-order valence-electron chi connectivity index (χ3n) is 2.05. The van der Waals surface area contributed by atoms with Crippen molar-refractivity contribution in [1.29, 1.82) is 0 Å². The maximum atomic E-state index is 10.00. The minimum absolute atomic E-state index is 0.257. The molecular formula is C15H20O3. The third kappa shape index (κ3) is 10.6. The van der Waals surface area contributed by atoms with Gasteiger partial charge in [-0.3, -0.25) is 4.79 Å². The lowest BCUT2D eigenvalue weighted by molar-refractivity contribution is -0.131. The molecule has 1 N–H and O–H groups in total. The van der Waals surface area contributed by atoms with Crippen LogP contribution in [0.4, 0.5) is 0 Å². The molecule has 0 fully saturated rings. The maximum Gasteiger partial charge on any atom is 0.328 e. The van der Waals surface area contributed by atoms with Crippen LogP contribution < -0.4 is 0 Å². The molecule has 0 spiro atoms. The Morgan fingerprint density at radius 1 is 1.33 bits per heavy atom. The molecular weight excluding hydrogens is 228 g/mol. The first-order valence-corrected chi connectivity index (χ1v) is 6.00. The minimum atomic E-state index is -1.10. The smallest absolute Gasteiger partial charge is 0.328 e. The van der Waals surface area contributed by atoms with Gasteiger partial charge in [-0.25, -0.2) is 4.79 Å². The van der Waals surface area contributed by atoms with E-state index in [0.29, 0.717) is 0 Å². The van der Waals surface area contributed by atoms with E-state index in [4.69, 9.17) is 5.11 Å². The fraction of sp³-hybridized carbons (Fsp3) is 0.333. The van der Waals surface area contributed by atoms with Crippen molar-refractivity contribution in [2.75, 3.05) is 0 Å². The van der Waals surface area contributed by atoms with E-state index in [1.165, 1.54) is 25.3 Å². The molecule has 0 saturated carbocycles. The van der Waals surface area contributed by atoms with E-state index in [0.717, 1.165) is 18.6 Å². The molecule has 0 amide bonds. The van der Waals surface area contributed by atoms with Gasteiger partial charge in [0, 0.05) is 6.08 Å². The van der Waals surface area contributed by atoms with Gasteiger partial charge in [-0.2, -0.15) is 0 Å². The van der Waals surface area contributed by atoms with Gasteiger partial charge < -0.3 is 5.11 Å². The number of rotatable bonds is 4. The summed E-state index contributed by atoms with van der Waals surface area (Å²) in [6, 6.07) is 0.